The van der Waals surface area contributed by atoms with Crippen molar-refractivity contribution in [2.24, 2.45) is 22.7 Å². The zero-order valence-electron chi connectivity index (χ0n) is 20.2. The zero-order chi connectivity index (χ0) is 24.0. The van der Waals surface area contributed by atoms with Crippen molar-refractivity contribution in [1.29, 1.82) is 0 Å². The first-order valence-electron chi connectivity index (χ1n) is 12.2. The Labute approximate surface area is 194 Å². The van der Waals surface area contributed by atoms with Gasteiger partial charge in [-0.3, -0.25) is 9.59 Å². The molecule has 8 atom stereocenters. The Bertz CT molecular complexity index is 956. The van der Waals surface area contributed by atoms with Crippen LogP contribution in [0.1, 0.15) is 60.3 Å². The quantitative estimate of drug-likeness (QED) is 0.689. The number of ketones is 2. The Kier molecular flexibility index (Phi) is 4.99. The van der Waals surface area contributed by atoms with Gasteiger partial charge in [-0.25, -0.2) is 4.39 Å². The van der Waals surface area contributed by atoms with Gasteiger partial charge in [0, 0.05) is 23.4 Å². The summed E-state index contributed by atoms with van der Waals surface area (Å²) in [4.78, 5) is 25.7. The van der Waals surface area contributed by atoms with E-state index < -0.39 is 46.0 Å². The van der Waals surface area contributed by atoms with Crippen LogP contribution in [-0.4, -0.2) is 59.2 Å². The summed E-state index contributed by atoms with van der Waals surface area (Å²) in [5.74, 6) is -2.02. The maximum atomic E-state index is 17.3. The van der Waals surface area contributed by atoms with Gasteiger partial charge in [-0.05, 0) is 71.4 Å². The molecule has 1 N–H and O–H groups in total. The number of fused-ring (bicyclic) bond motifs is 7. The lowest BCUT2D eigenvalue weighted by Crippen LogP contribution is -2.70. The number of carbonyl (C=O) groups excluding carboxylic acids is 2. The molecule has 1 aliphatic heterocycles. The van der Waals surface area contributed by atoms with E-state index in [0.717, 1.165) is 5.57 Å². The van der Waals surface area contributed by atoms with Crippen LogP contribution in [0.2, 0.25) is 0 Å². The first-order valence-corrected chi connectivity index (χ1v) is 12.2. The molecule has 0 spiro atoms. The highest BCUT2D eigenvalue weighted by molar-refractivity contribution is 6.01. The van der Waals surface area contributed by atoms with E-state index in [9.17, 15) is 14.7 Å². The summed E-state index contributed by atoms with van der Waals surface area (Å²) >= 11 is 0. The predicted octanol–water partition coefficient (Wildman–Crippen LogP) is 3.46. The Hall–Kier alpha value is -1.41. The van der Waals surface area contributed by atoms with E-state index in [0.29, 0.717) is 25.9 Å². The van der Waals surface area contributed by atoms with Crippen LogP contribution in [0.3, 0.4) is 0 Å². The van der Waals surface area contributed by atoms with Gasteiger partial charge in [0.25, 0.3) is 0 Å². The van der Waals surface area contributed by atoms with Gasteiger partial charge < -0.3 is 19.3 Å². The molecule has 5 rings (SSSR count). The zero-order valence-corrected chi connectivity index (χ0v) is 20.2. The third kappa shape index (κ3) is 2.74. The Balaban J connectivity index is 1.60. The van der Waals surface area contributed by atoms with Crippen molar-refractivity contribution in [2.75, 3.05) is 13.2 Å². The summed E-state index contributed by atoms with van der Waals surface area (Å²) in [5.41, 5.74) is -4.38. The van der Waals surface area contributed by atoms with Crippen molar-refractivity contribution in [3.8, 4) is 0 Å². The van der Waals surface area contributed by atoms with Crippen LogP contribution >= 0.6 is 0 Å². The van der Waals surface area contributed by atoms with Crippen LogP contribution in [-0.2, 0) is 23.8 Å². The van der Waals surface area contributed by atoms with Crippen LogP contribution in [0.25, 0.3) is 0 Å². The lowest BCUT2D eigenvalue weighted by Gasteiger charge is -2.62. The van der Waals surface area contributed by atoms with E-state index in [4.69, 9.17) is 14.2 Å². The number of halogens is 1. The van der Waals surface area contributed by atoms with E-state index in [1.807, 2.05) is 13.8 Å². The van der Waals surface area contributed by atoms with Crippen molar-refractivity contribution in [3.05, 3.63) is 23.8 Å². The fraction of sp³-hybridized carbons (Fsp3) is 0.769. The molecule has 3 saturated carbocycles. The van der Waals surface area contributed by atoms with Crippen molar-refractivity contribution in [1.82, 2.24) is 0 Å². The molecule has 1 heterocycles. The van der Waals surface area contributed by atoms with Crippen molar-refractivity contribution in [2.45, 2.75) is 89.6 Å². The van der Waals surface area contributed by atoms with Crippen molar-refractivity contribution < 1.29 is 33.3 Å². The number of Topliss-reactive ketones (excluding diaryl/α,β-unsaturated/α-hetero) is 1. The average molecular weight is 463 g/mol. The van der Waals surface area contributed by atoms with Gasteiger partial charge in [0.15, 0.2) is 28.6 Å². The van der Waals surface area contributed by atoms with Crippen molar-refractivity contribution in [3.63, 3.8) is 0 Å². The smallest absolute Gasteiger partial charge is 0.193 e. The largest absolute Gasteiger partial charge is 0.390 e. The molecule has 7 heteroatoms. The number of alkyl halides is 1. The predicted molar refractivity (Wildman–Crippen MR) is 118 cm³/mol. The first kappa shape index (κ1) is 23.3. The summed E-state index contributed by atoms with van der Waals surface area (Å²) in [6.07, 6.45) is 4.38. The maximum absolute atomic E-state index is 17.3. The van der Waals surface area contributed by atoms with Gasteiger partial charge in [0.1, 0.15) is 6.61 Å². The number of aliphatic hydroxyl groups is 1. The Morgan fingerprint density at radius 1 is 1.27 bits per heavy atom. The summed E-state index contributed by atoms with van der Waals surface area (Å²) in [5, 5.41) is 11.5. The second-order valence-corrected chi connectivity index (χ2v) is 11.4. The van der Waals surface area contributed by atoms with Crippen LogP contribution < -0.4 is 0 Å². The molecule has 0 aromatic heterocycles. The number of aliphatic hydroxyl groups excluding tert-OH is 1. The maximum Gasteiger partial charge on any atom is 0.193 e. The summed E-state index contributed by atoms with van der Waals surface area (Å²) in [6.45, 7) is 9.46. The van der Waals surface area contributed by atoms with Crippen LogP contribution in [0.4, 0.5) is 4.39 Å². The standard InChI is InChI=1S/C26H35FO6/c1-6-31-14-20(30)26-21(32-22(2,3)33-26)12-18-17-8-7-15-11-16(28)9-10-23(15,4)25(17,27)19(29)13-24(18,26)5/h9-11,17-19,21,29H,6-8,12-14H2,1-5H3/t17-,18-,19-,21+,23-,24-,25-,26+/m0/s1. The molecule has 4 aliphatic carbocycles. The summed E-state index contributed by atoms with van der Waals surface area (Å²) < 4.78 is 35.5. The van der Waals surface area contributed by atoms with E-state index in [2.05, 4.69) is 0 Å². The van der Waals surface area contributed by atoms with E-state index in [1.54, 1.807) is 26.8 Å². The first-order chi connectivity index (χ1) is 15.4. The van der Waals surface area contributed by atoms with E-state index >= 15 is 4.39 Å². The molecule has 33 heavy (non-hydrogen) atoms. The van der Waals surface area contributed by atoms with E-state index in [-0.39, 0.29) is 30.5 Å². The molecule has 0 unspecified atom stereocenters. The lowest BCUT2D eigenvalue weighted by molar-refractivity contribution is -0.246. The highest BCUT2D eigenvalue weighted by Gasteiger charge is 2.80. The molecule has 182 valence electrons. The van der Waals surface area contributed by atoms with Crippen LogP contribution in [0.5, 0.6) is 0 Å². The number of carbonyl (C=O) groups is 2. The fourth-order valence-electron chi connectivity index (χ4n) is 8.11. The highest BCUT2D eigenvalue weighted by Crippen LogP contribution is 2.72. The van der Waals surface area contributed by atoms with Gasteiger partial charge in [0.2, 0.25) is 0 Å². The van der Waals surface area contributed by atoms with Gasteiger partial charge in [-0.15, -0.1) is 0 Å². The molecule has 0 bridgehead atoms. The number of rotatable bonds is 4. The number of hydrogen-bond acceptors (Lipinski definition) is 6. The SMILES string of the molecule is CCOCC(=O)[C@@]12OC(C)(C)O[C@@H]1C[C@H]1[C@@H]3CCC4=CC(=O)C=C[C@]4(C)[C@@]3(F)[C@@H](O)C[C@@]12C. The van der Waals surface area contributed by atoms with Gasteiger partial charge >= 0.3 is 0 Å². The normalized spacial score (nSPS) is 49.7. The minimum Gasteiger partial charge on any atom is -0.390 e. The summed E-state index contributed by atoms with van der Waals surface area (Å²) in [7, 11) is 0. The molecule has 4 fully saturated rings. The molecule has 0 aromatic rings. The second kappa shape index (κ2) is 7.06. The monoisotopic (exact) mass is 462 g/mol. The highest BCUT2D eigenvalue weighted by atomic mass is 19.1. The van der Waals surface area contributed by atoms with E-state index in [1.165, 1.54) is 12.2 Å². The third-order valence-corrected chi connectivity index (χ3v) is 9.49. The third-order valence-electron chi connectivity index (χ3n) is 9.49. The molecule has 0 aromatic carbocycles. The molecule has 5 aliphatic rings. The van der Waals surface area contributed by atoms with Gasteiger partial charge in [0.05, 0.1) is 12.2 Å². The van der Waals surface area contributed by atoms with Crippen LogP contribution in [0.15, 0.2) is 23.8 Å². The Morgan fingerprint density at radius 2 is 2.00 bits per heavy atom. The topological polar surface area (TPSA) is 82.1 Å². The number of ether oxygens (including phenoxy) is 3. The fourth-order valence-corrected chi connectivity index (χ4v) is 8.11. The Morgan fingerprint density at radius 3 is 2.70 bits per heavy atom. The minimum atomic E-state index is -1.95. The van der Waals surface area contributed by atoms with Gasteiger partial charge in [-0.1, -0.05) is 18.6 Å². The minimum absolute atomic E-state index is 0.0725. The molecular formula is C26H35FO6. The molecule has 0 amide bonds. The lowest BCUT2D eigenvalue weighted by atomic mass is 9.44. The number of allylic oxidation sites excluding steroid dienone is 4. The molecular weight excluding hydrogens is 427 g/mol. The number of hydrogen-bond donors (Lipinski definition) is 1. The molecule has 0 radical (unpaired) electrons. The van der Waals surface area contributed by atoms with Gasteiger partial charge in [-0.2, -0.15) is 0 Å². The van der Waals surface area contributed by atoms with Crippen molar-refractivity contribution >= 4 is 11.6 Å². The van der Waals surface area contributed by atoms with Crippen LogP contribution in [0, 0.1) is 22.7 Å². The average Bonchev–Trinajstić information content (AvgIpc) is 3.14. The molecule has 1 saturated heterocycles. The summed E-state index contributed by atoms with van der Waals surface area (Å²) in [6, 6.07) is 0. The molecule has 6 nitrogen and oxygen atoms in total. The second-order valence-electron chi connectivity index (χ2n) is 11.4.